The van der Waals surface area contributed by atoms with Gasteiger partial charge in [-0.3, -0.25) is 0 Å². The number of cyclic esters (lactones) is 1. The van der Waals surface area contributed by atoms with Gasteiger partial charge in [-0.15, -0.1) is 0 Å². The zero-order valence-electron chi connectivity index (χ0n) is 15.8. The van der Waals surface area contributed by atoms with Gasteiger partial charge in [0.2, 0.25) is 0 Å². The third-order valence-corrected chi connectivity index (χ3v) is 3.25. The number of hydrogen-bond acceptors (Lipinski definition) is 7. The first-order valence-corrected chi connectivity index (χ1v) is 8.79. The van der Waals surface area contributed by atoms with Crippen LogP contribution in [0, 0.1) is 0 Å². The largest absolute Gasteiger partial charge is 0.491 e. The number of aliphatic hydroxyl groups is 2. The second-order valence-corrected chi connectivity index (χ2v) is 6.10. The van der Waals surface area contributed by atoms with Gasteiger partial charge in [-0.25, -0.2) is 4.79 Å². The number of hydrogen-bond donors (Lipinski definition) is 2. The summed E-state index contributed by atoms with van der Waals surface area (Å²) in [5, 5.41) is 18.4. The summed E-state index contributed by atoms with van der Waals surface area (Å²) in [4.78, 5) is 9.59. The molecule has 3 rings (SSSR count). The first-order valence-electron chi connectivity index (χ1n) is 8.79. The molecule has 2 atom stereocenters. The van der Waals surface area contributed by atoms with Crippen molar-refractivity contribution in [3.63, 3.8) is 0 Å². The molecule has 2 N–H and O–H groups in total. The molecule has 0 bridgehead atoms. The molecule has 0 aromatic heterocycles. The Labute approximate surface area is 163 Å². The van der Waals surface area contributed by atoms with Crippen LogP contribution in [0.1, 0.15) is 13.8 Å². The van der Waals surface area contributed by atoms with Gasteiger partial charge in [-0.2, -0.15) is 0 Å². The average Bonchev–Trinajstić information content (AvgIpc) is 2.65. The zero-order valence-corrected chi connectivity index (χ0v) is 15.8. The number of carbonyl (C=O) groups excluding carboxylic acids is 1. The van der Waals surface area contributed by atoms with Gasteiger partial charge >= 0.3 is 5.97 Å². The summed E-state index contributed by atoms with van der Waals surface area (Å²) in [7, 11) is 0. The number of benzene rings is 2. The highest BCUT2D eigenvalue weighted by Crippen LogP contribution is 2.25. The number of esters is 1. The van der Waals surface area contributed by atoms with Crippen LogP contribution < -0.4 is 14.2 Å². The van der Waals surface area contributed by atoms with Crippen LogP contribution in [-0.4, -0.2) is 41.6 Å². The molecule has 0 amide bonds. The normalized spacial score (nSPS) is 13.9. The van der Waals surface area contributed by atoms with Crippen LogP contribution in [-0.2, 0) is 9.53 Å². The number of aliphatic hydroxyl groups excluding tert-OH is 2. The Hall–Kier alpha value is -3.03. The highest BCUT2D eigenvalue weighted by molar-refractivity contribution is 5.86. The standard InChI is InChI=1S/C18H22O5.C3H2O2/c1-13(19)11-21-15-3-7-17(8-4-15)23-18-9-5-16(6-10-18)22-12-14(2)20;4-3-1-2-5-3/h3-10,13-14,19-20H,11-12H2,1-2H3;1-2H. The summed E-state index contributed by atoms with van der Waals surface area (Å²) in [5.74, 6) is 2.49. The molecule has 0 fully saturated rings. The Morgan fingerprint density at radius 1 is 0.786 bits per heavy atom. The van der Waals surface area contributed by atoms with E-state index in [-0.39, 0.29) is 19.2 Å². The van der Waals surface area contributed by atoms with Crippen LogP contribution in [0.3, 0.4) is 0 Å². The van der Waals surface area contributed by atoms with Gasteiger partial charge in [0, 0.05) is 0 Å². The fourth-order valence-electron chi connectivity index (χ4n) is 1.90. The summed E-state index contributed by atoms with van der Waals surface area (Å²) in [6.45, 7) is 3.86. The summed E-state index contributed by atoms with van der Waals surface area (Å²) < 4.78 is 20.6. The van der Waals surface area contributed by atoms with Crippen molar-refractivity contribution in [3.8, 4) is 23.0 Å². The molecular weight excluding hydrogens is 364 g/mol. The molecule has 2 aromatic carbocycles. The Morgan fingerprint density at radius 2 is 1.11 bits per heavy atom. The molecule has 2 unspecified atom stereocenters. The van der Waals surface area contributed by atoms with E-state index in [4.69, 9.17) is 14.2 Å². The second kappa shape index (κ2) is 11.0. The lowest BCUT2D eigenvalue weighted by atomic mass is 10.3. The van der Waals surface area contributed by atoms with Gasteiger partial charge in [-0.1, -0.05) is 0 Å². The summed E-state index contributed by atoms with van der Waals surface area (Å²) >= 11 is 0. The predicted molar refractivity (Wildman–Crippen MR) is 103 cm³/mol. The smallest absolute Gasteiger partial charge is 0.338 e. The maximum absolute atomic E-state index is 9.59. The minimum atomic E-state index is -0.500. The Bertz CT molecular complexity index is 696. The lowest BCUT2D eigenvalue weighted by molar-refractivity contribution is -0.136. The molecule has 150 valence electrons. The van der Waals surface area contributed by atoms with Gasteiger partial charge in [0.1, 0.15) is 42.5 Å². The molecule has 0 spiro atoms. The van der Waals surface area contributed by atoms with Crippen LogP contribution in [0.5, 0.6) is 23.0 Å². The number of carbonyl (C=O) groups is 1. The molecule has 0 radical (unpaired) electrons. The van der Waals surface area contributed by atoms with E-state index in [1.807, 2.05) is 0 Å². The van der Waals surface area contributed by atoms with Crippen molar-refractivity contribution in [2.45, 2.75) is 26.1 Å². The van der Waals surface area contributed by atoms with Crippen molar-refractivity contribution in [3.05, 3.63) is 60.9 Å². The predicted octanol–water partition coefficient (Wildman–Crippen LogP) is 3.06. The van der Waals surface area contributed by atoms with Crippen molar-refractivity contribution in [1.29, 1.82) is 0 Å². The van der Waals surface area contributed by atoms with E-state index < -0.39 is 12.2 Å². The topological polar surface area (TPSA) is 94.5 Å². The summed E-state index contributed by atoms with van der Waals surface area (Å²) in [5.41, 5.74) is 0. The lowest BCUT2D eigenvalue weighted by Gasteiger charge is -2.11. The molecule has 1 aliphatic heterocycles. The molecular formula is C21H24O7. The molecule has 7 nitrogen and oxygen atoms in total. The van der Waals surface area contributed by atoms with Crippen LogP contribution in [0.4, 0.5) is 0 Å². The molecule has 0 saturated carbocycles. The van der Waals surface area contributed by atoms with E-state index in [1.54, 1.807) is 62.4 Å². The van der Waals surface area contributed by atoms with Crippen molar-refractivity contribution < 1.29 is 34.0 Å². The fraction of sp³-hybridized carbons (Fsp3) is 0.286. The van der Waals surface area contributed by atoms with Gasteiger partial charge in [0.25, 0.3) is 0 Å². The van der Waals surface area contributed by atoms with E-state index in [2.05, 4.69) is 4.74 Å². The number of rotatable bonds is 8. The molecule has 1 aliphatic rings. The highest BCUT2D eigenvalue weighted by atomic mass is 16.5. The molecule has 7 heteroatoms. The molecule has 0 aliphatic carbocycles. The van der Waals surface area contributed by atoms with Crippen molar-refractivity contribution in [2.75, 3.05) is 13.2 Å². The van der Waals surface area contributed by atoms with Crippen molar-refractivity contribution in [1.82, 2.24) is 0 Å². The minimum Gasteiger partial charge on any atom is -0.491 e. The van der Waals surface area contributed by atoms with E-state index in [9.17, 15) is 15.0 Å². The van der Waals surface area contributed by atoms with Gasteiger partial charge in [0.05, 0.1) is 18.3 Å². The number of ether oxygens (including phenoxy) is 4. The quantitative estimate of drug-likeness (QED) is 0.671. The second-order valence-electron chi connectivity index (χ2n) is 6.10. The fourth-order valence-corrected chi connectivity index (χ4v) is 1.90. The average molecular weight is 388 g/mol. The summed E-state index contributed by atoms with van der Waals surface area (Å²) in [6.07, 6.45) is 1.71. The summed E-state index contributed by atoms with van der Waals surface area (Å²) in [6, 6.07) is 14.4. The minimum absolute atomic E-state index is 0.245. The van der Waals surface area contributed by atoms with Gasteiger partial charge in [0.15, 0.2) is 0 Å². The van der Waals surface area contributed by atoms with Crippen LogP contribution in [0.15, 0.2) is 60.9 Å². The van der Waals surface area contributed by atoms with Crippen LogP contribution in [0.25, 0.3) is 0 Å². The van der Waals surface area contributed by atoms with Crippen molar-refractivity contribution in [2.24, 2.45) is 0 Å². The SMILES string of the molecule is CC(O)COc1ccc(Oc2ccc(OCC(C)O)cc2)cc1.O=C1C=CO1. The Balaban J connectivity index is 0.000000485. The van der Waals surface area contributed by atoms with E-state index in [0.29, 0.717) is 23.0 Å². The molecule has 1 heterocycles. The van der Waals surface area contributed by atoms with Gasteiger partial charge in [-0.05, 0) is 62.4 Å². The van der Waals surface area contributed by atoms with Crippen LogP contribution in [0.2, 0.25) is 0 Å². The highest BCUT2D eigenvalue weighted by Gasteiger charge is 2.02. The Morgan fingerprint density at radius 3 is 1.36 bits per heavy atom. The molecule has 28 heavy (non-hydrogen) atoms. The third kappa shape index (κ3) is 8.11. The van der Waals surface area contributed by atoms with E-state index in [0.717, 1.165) is 0 Å². The first-order chi connectivity index (χ1) is 13.4. The van der Waals surface area contributed by atoms with Crippen molar-refractivity contribution >= 4 is 5.97 Å². The maximum atomic E-state index is 9.59. The van der Waals surface area contributed by atoms with E-state index in [1.165, 1.54) is 12.3 Å². The van der Waals surface area contributed by atoms with Gasteiger partial charge < -0.3 is 29.2 Å². The Kier molecular flexibility index (Phi) is 8.33. The van der Waals surface area contributed by atoms with E-state index >= 15 is 0 Å². The molecule has 2 aromatic rings. The molecule has 0 saturated heterocycles. The zero-order chi connectivity index (χ0) is 20.4. The first kappa shape index (κ1) is 21.3. The third-order valence-electron chi connectivity index (χ3n) is 3.25. The van der Waals surface area contributed by atoms with Crippen LogP contribution >= 0.6 is 0 Å². The lowest BCUT2D eigenvalue weighted by Crippen LogP contribution is -2.12. The maximum Gasteiger partial charge on any atom is 0.338 e. The monoisotopic (exact) mass is 388 g/mol.